The van der Waals surface area contributed by atoms with Gasteiger partial charge < -0.3 is 14.6 Å². The van der Waals surface area contributed by atoms with Gasteiger partial charge in [0.1, 0.15) is 0 Å². The van der Waals surface area contributed by atoms with Crippen LogP contribution in [0.5, 0.6) is 0 Å². The number of ether oxygens (including phenoxy) is 1. The molecule has 0 saturated carbocycles. The van der Waals surface area contributed by atoms with Gasteiger partial charge in [0.15, 0.2) is 0 Å². The van der Waals surface area contributed by atoms with E-state index in [0.29, 0.717) is 6.54 Å². The van der Waals surface area contributed by atoms with Crippen LogP contribution in [0.1, 0.15) is 20.3 Å². The van der Waals surface area contributed by atoms with Crippen LogP contribution in [0.4, 0.5) is 0 Å². The van der Waals surface area contributed by atoms with Crippen molar-refractivity contribution >= 4 is 0 Å². The Balaban J connectivity index is 1.88. The maximum Gasteiger partial charge on any atom is 0.250 e. The summed E-state index contributed by atoms with van der Waals surface area (Å²) in [5, 5.41) is 3.50. The molecule has 0 radical (unpaired) electrons. The average molecular weight is 236 g/mol. The van der Waals surface area contributed by atoms with E-state index in [0.717, 1.165) is 19.6 Å². The molecule has 0 amide bonds. The van der Waals surface area contributed by atoms with E-state index in [1.807, 2.05) is 12.3 Å². The second kappa shape index (κ2) is 5.02. The van der Waals surface area contributed by atoms with E-state index in [4.69, 9.17) is 4.74 Å². The average Bonchev–Trinajstić information content (AvgIpc) is 2.62. The zero-order valence-electron chi connectivity index (χ0n) is 10.5. The Morgan fingerprint density at radius 2 is 2.41 bits per heavy atom. The molecule has 0 aromatic carbocycles. The first-order valence-electron chi connectivity index (χ1n) is 6.14. The first kappa shape index (κ1) is 12.3. The lowest BCUT2D eigenvalue weighted by molar-refractivity contribution is 0.0884. The molecule has 1 aromatic rings. The second-order valence-corrected chi connectivity index (χ2v) is 4.84. The predicted octanol–water partition coefficient (Wildman–Crippen LogP) is 1.01. The molecule has 1 fully saturated rings. The third kappa shape index (κ3) is 2.76. The van der Waals surface area contributed by atoms with E-state index in [1.165, 1.54) is 0 Å². The van der Waals surface area contributed by atoms with Crippen molar-refractivity contribution < 1.29 is 4.74 Å². The van der Waals surface area contributed by atoms with E-state index in [9.17, 15) is 4.79 Å². The Kier molecular flexibility index (Phi) is 3.64. The van der Waals surface area contributed by atoms with Gasteiger partial charge in [0.2, 0.25) is 0 Å². The molecular weight excluding hydrogens is 216 g/mol. The molecule has 1 aliphatic rings. The zero-order valence-corrected chi connectivity index (χ0v) is 10.5. The van der Waals surface area contributed by atoms with Crippen LogP contribution in [0.15, 0.2) is 29.2 Å². The number of hydrogen-bond donors (Lipinski definition) is 1. The van der Waals surface area contributed by atoms with Crippen molar-refractivity contribution in [2.45, 2.75) is 38.5 Å². The number of pyridine rings is 1. The fraction of sp³-hybridized carbons (Fsp3) is 0.615. The minimum absolute atomic E-state index is 0.0401. The molecule has 0 aliphatic carbocycles. The summed E-state index contributed by atoms with van der Waals surface area (Å²) in [6.45, 7) is 6.57. The van der Waals surface area contributed by atoms with Gasteiger partial charge >= 0.3 is 0 Å². The summed E-state index contributed by atoms with van der Waals surface area (Å²) < 4.78 is 7.28. The molecule has 94 valence electrons. The summed E-state index contributed by atoms with van der Waals surface area (Å²) in [6.07, 6.45) is 3.08. The monoisotopic (exact) mass is 236 g/mol. The van der Waals surface area contributed by atoms with Gasteiger partial charge in [0, 0.05) is 37.5 Å². The number of aromatic nitrogens is 1. The molecule has 2 unspecified atom stereocenters. The fourth-order valence-corrected chi connectivity index (χ4v) is 2.17. The summed E-state index contributed by atoms with van der Waals surface area (Å²) in [5.74, 6) is 0. The van der Waals surface area contributed by atoms with Crippen LogP contribution in [0.3, 0.4) is 0 Å². The van der Waals surface area contributed by atoms with Crippen LogP contribution >= 0.6 is 0 Å². The molecule has 2 heterocycles. The van der Waals surface area contributed by atoms with Gasteiger partial charge in [-0.2, -0.15) is 0 Å². The van der Waals surface area contributed by atoms with E-state index in [-0.39, 0.29) is 17.2 Å². The normalized spacial score (nSPS) is 28.5. The largest absolute Gasteiger partial charge is 0.377 e. The standard InChI is InChI=1S/C13H20N2O2/c1-11-13(2,6-10-17-11)14-7-9-15-8-4-3-5-12(15)16/h3-5,8,11,14H,6-7,9-10H2,1-2H3. The smallest absolute Gasteiger partial charge is 0.250 e. The van der Waals surface area contributed by atoms with Gasteiger partial charge in [-0.25, -0.2) is 0 Å². The Hall–Kier alpha value is -1.13. The van der Waals surface area contributed by atoms with Crippen molar-refractivity contribution in [3.05, 3.63) is 34.7 Å². The van der Waals surface area contributed by atoms with Crippen molar-refractivity contribution in [3.8, 4) is 0 Å². The third-order valence-electron chi connectivity index (χ3n) is 3.67. The van der Waals surface area contributed by atoms with Crippen molar-refractivity contribution in [2.24, 2.45) is 0 Å². The van der Waals surface area contributed by atoms with Gasteiger partial charge in [-0.1, -0.05) is 6.07 Å². The van der Waals surface area contributed by atoms with Crippen LogP contribution in [0.2, 0.25) is 0 Å². The Bertz CT molecular complexity index is 429. The molecule has 0 bridgehead atoms. The highest BCUT2D eigenvalue weighted by molar-refractivity contribution is 4.95. The summed E-state index contributed by atoms with van der Waals surface area (Å²) in [4.78, 5) is 11.5. The highest BCUT2D eigenvalue weighted by Gasteiger charge is 2.36. The van der Waals surface area contributed by atoms with Crippen LogP contribution in [-0.4, -0.2) is 29.4 Å². The lowest BCUT2D eigenvalue weighted by atomic mass is 9.95. The van der Waals surface area contributed by atoms with Crippen LogP contribution in [0, 0.1) is 0 Å². The van der Waals surface area contributed by atoms with Gasteiger partial charge in [-0.15, -0.1) is 0 Å². The molecule has 1 aliphatic heterocycles. The molecule has 1 aromatic heterocycles. The quantitative estimate of drug-likeness (QED) is 0.848. The summed E-state index contributed by atoms with van der Waals surface area (Å²) in [5.41, 5.74) is 0.0912. The Labute approximate surface area is 102 Å². The summed E-state index contributed by atoms with van der Waals surface area (Å²) >= 11 is 0. The molecule has 4 heteroatoms. The number of nitrogens with zero attached hydrogens (tertiary/aromatic N) is 1. The minimum atomic E-state index is 0.0401. The zero-order chi connectivity index (χ0) is 12.3. The minimum Gasteiger partial charge on any atom is -0.377 e. The Morgan fingerprint density at radius 3 is 3.06 bits per heavy atom. The van der Waals surface area contributed by atoms with Crippen LogP contribution in [0.25, 0.3) is 0 Å². The lowest BCUT2D eigenvalue weighted by Gasteiger charge is -2.29. The van der Waals surface area contributed by atoms with E-state index < -0.39 is 0 Å². The molecule has 1 N–H and O–H groups in total. The van der Waals surface area contributed by atoms with Crippen LogP contribution < -0.4 is 10.9 Å². The first-order valence-corrected chi connectivity index (χ1v) is 6.14. The molecular formula is C13H20N2O2. The van der Waals surface area contributed by atoms with Crippen molar-refractivity contribution in [1.82, 2.24) is 9.88 Å². The van der Waals surface area contributed by atoms with Crippen molar-refractivity contribution in [2.75, 3.05) is 13.2 Å². The highest BCUT2D eigenvalue weighted by Crippen LogP contribution is 2.24. The number of rotatable bonds is 4. The molecule has 2 rings (SSSR count). The maximum atomic E-state index is 11.5. The summed E-state index contributed by atoms with van der Waals surface area (Å²) in [7, 11) is 0. The van der Waals surface area contributed by atoms with E-state index in [1.54, 1.807) is 16.7 Å². The van der Waals surface area contributed by atoms with Gasteiger partial charge in [-0.3, -0.25) is 4.79 Å². The fourth-order valence-electron chi connectivity index (χ4n) is 2.17. The molecule has 1 saturated heterocycles. The number of hydrogen-bond acceptors (Lipinski definition) is 3. The number of nitrogens with one attached hydrogen (secondary N) is 1. The SMILES string of the molecule is CC1OCCC1(C)NCCn1ccccc1=O. The molecule has 2 atom stereocenters. The highest BCUT2D eigenvalue weighted by atomic mass is 16.5. The summed E-state index contributed by atoms with van der Waals surface area (Å²) in [6, 6.07) is 5.23. The first-order chi connectivity index (χ1) is 8.12. The topological polar surface area (TPSA) is 43.3 Å². The Morgan fingerprint density at radius 1 is 1.59 bits per heavy atom. The van der Waals surface area contributed by atoms with Gasteiger partial charge in [-0.05, 0) is 26.3 Å². The van der Waals surface area contributed by atoms with Crippen molar-refractivity contribution in [1.29, 1.82) is 0 Å². The second-order valence-electron chi connectivity index (χ2n) is 4.84. The van der Waals surface area contributed by atoms with E-state index in [2.05, 4.69) is 19.2 Å². The third-order valence-corrected chi connectivity index (χ3v) is 3.67. The van der Waals surface area contributed by atoms with Crippen LogP contribution in [-0.2, 0) is 11.3 Å². The van der Waals surface area contributed by atoms with E-state index >= 15 is 0 Å². The molecule has 17 heavy (non-hydrogen) atoms. The lowest BCUT2D eigenvalue weighted by Crippen LogP contribution is -2.49. The van der Waals surface area contributed by atoms with Gasteiger partial charge in [0.25, 0.3) is 5.56 Å². The maximum absolute atomic E-state index is 11.5. The molecule has 4 nitrogen and oxygen atoms in total. The van der Waals surface area contributed by atoms with Gasteiger partial charge in [0.05, 0.1) is 6.10 Å². The molecule has 0 spiro atoms. The predicted molar refractivity (Wildman–Crippen MR) is 67.1 cm³/mol. The van der Waals surface area contributed by atoms with Crippen molar-refractivity contribution in [3.63, 3.8) is 0 Å².